The van der Waals surface area contributed by atoms with Crippen LogP contribution in [0.3, 0.4) is 0 Å². The number of non-ortho nitro benzene ring substituents is 1. The zero-order valence-electron chi connectivity index (χ0n) is 13.1. The maximum Gasteiger partial charge on any atom is 0.292 e. The summed E-state index contributed by atoms with van der Waals surface area (Å²) in [5.41, 5.74) is 0.439. The van der Waals surface area contributed by atoms with Gasteiger partial charge in [0.05, 0.1) is 22.0 Å². The van der Waals surface area contributed by atoms with Crippen molar-refractivity contribution in [2.45, 2.75) is 30.8 Å². The summed E-state index contributed by atoms with van der Waals surface area (Å²) in [6.07, 6.45) is -0.202. The zero-order valence-corrected chi connectivity index (χ0v) is 13.9. The van der Waals surface area contributed by atoms with Crippen molar-refractivity contribution in [2.75, 3.05) is 0 Å². The van der Waals surface area contributed by atoms with E-state index >= 15 is 0 Å². The van der Waals surface area contributed by atoms with Gasteiger partial charge in [0.15, 0.2) is 0 Å². The molecule has 0 saturated carbocycles. The van der Waals surface area contributed by atoms with Crippen molar-refractivity contribution in [1.82, 2.24) is 0 Å². The van der Waals surface area contributed by atoms with Crippen molar-refractivity contribution in [3.63, 3.8) is 0 Å². The van der Waals surface area contributed by atoms with Gasteiger partial charge in [-0.1, -0.05) is 37.3 Å². The Balaban J connectivity index is 2.11. The Morgan fingerprint density at radius 2 is 1.67 bits per heavy atom. The quantitative estimate of drug-likeness (QED) is 0.408. The summed E-state index contributed by atoms with van der Waals surface area (Å²) in [6.45, 7) is 3.88. The van der Waals surface area contributed by atoms with Gasteiger partial charge >= 0.3 is 0 Å². The van der Waals surface area contributed by atoms with Crippen molar-refractivity contribution in [2.24, 2.45) is 0 Å². The SMILES string of the molecule is C[C@H](OSc1ccc([N+](=O)[O-])cc1[N+](=O)[O-])[C@H](C)c1ccccc1. The van der Waals surface area contributed by atoms with Crippen LogP contribution in [0, 0.1) is 20.2 Å². The number of hydrogen-bond acceptors (Lipinski definition) is 6. The lowest BCUT2D eigenvalue weighted by atomic mass is 9.97. The van der Waals surface area contributed by atoms with Crippen LogP contribution in [0.15, 0.2) is 53.4 Å². The molecule has 0 aromatic heterocycles. The standard InChI is InChI=1S/C16H16N2O5S/c1-11(13-6-4-3-5-7-13)12(2)23-24-16-9-8-14(17(19)20)10-15(16)18(21)22/h3-12H,1-2H3/t11-,12-/m0/s1. The highest BCUT2D eigenvalue weighted by Crippen LogP contribution is 2.35. The first-order valence-electron chi connectivity index (χ1n) is 7.21. The lowest BCUT2D eigenvalue weighted by Crippen LogP contribution is -2.13. The van der Waals surface area contributed by atoms with Gasteiger partial charge in [-0.3, -0.25) is 20.2 Å². The predicted molar refractivity (Wildman–Crippen MR) is 91.0 cm³/mol. The molecule has 0 aliphatic carbocycles. The molecular weight excluding hydrogens is 332 g/mol. The molecule has 126 valence electrons. The smallest absolute Gasteiger partial charge is 0.292 e. The molecule has 2 atom stereocenters. The molecule has 0 bridgehead atoms. The van der Waals surface area contributed by atoms with E-state index in [2.05, 4.69) is 0 Å². The van der Waals surface area contributed by atoms with Crippen LogP contribution in [0.4, 0.5) is 11.4 Å². The average molecular weight is 348 g/mol. The molecule has 0 heterocycles. The Labute approximate surface area is 143 Å². The second-order valence-electron chi connectivity index (χ2n) is 5.25. The van der Waals surface area contributed by atoms with Crippen LogP contribution in [-0.2, 0) is 4.18 Å². The summed E-state index contributed by atoms with van der Waals surface area (Å²) in [6, 6.07) is 13.3. The molecular formula is C16H16N2O5S. The van der Waals surface area contributed by atoms with Gasteiger partial charge in [-0.05, 0) is 18.6 Å². The first-order chi connectivity index (χ1) is 11.4. The van der Waals surface area contributed by atoms with E-state index in [4.69, 9.17) is 4.18 Å². The van der Waals surface area contributed by atoms with Gasteiger partial charge in [0, 0.05) is 24.0 Å². The van der Waals surface area contributed by atoms with Gasteiger partial charge in [0.25, 0.3) is 11.4 Å². The Hall–Kier alpha value is -2.45. The third kappa shape index (κ3) is 4.30. The molecule has 2 aromatic carbocycles. The monoisotopic (exact) mass is 348 g/mol. The number of hydrogen-bond donors (Lipinski definition) is 0. The molecule has 0 saturated heterocycles. The van der Waals surface area contributed by atoms with Crippen molar-refractivity contribution in [3.8, 4) is 0 Å². The third-order valence-corrected chi connectivity index (χ3v) is 4.59. The van der Waals surface area contributed by atoms with Crippen molar-refractivity contribution >= 4 is 23.4 Å². The Kier molecular flexibility index (Phi) is 5.88. The summed E-state index contributed by atoms with van der Waals surface area (Å²) < 4.78 is 5.68. The summed E-state index contributed by atoms with van der Waals surface area (Å²) in [4.78, 5) is 20.8. The Morgan fingerprint density at radius 1 is 1.00 bits per heavy atom. The van der Waals surface area contributed by atoms with Crippen LogP contribution in [0.5, 0.6) is 0 Å². The number of nitrogens with zero attached hydrogens (tertiary/aromatic N) is 2. The van der Waals surface area contributed by atoms with Gasteiger partial charge in [-0.25, -0.2) is 0 Å². The molecule has 0 N–H and O–H groups in total. The van der Waals surface area contributed by atoms with E-state index in [-0.39, 0.29) is 28.3 Å². The van der Waals surface area contributed by atoms with Gasteiger partial charge in [-0.2, -0.15) is 0 Å². The molecule has 0 radical (unpaired) electrons. The summed E-state index contributed by atoms with van der Waals surface area (Å²) in [5.74, 6) is 0.0933. The summed E-state index contributed by atoms with van der Waals surface area (Å²) in [5, 5.41) is 21.9. The maximum absolute atomic E-state index is 11.1. The van der Waals surface area contributed by atoms with Gasteiger partial charge in [0.1, 0.15) is 4.90 Å². The highest BCUT2D eigenvalue weighted by atomic mass is 32.2. The predicted octanol–water partition coefficient (Wildman–Crippen LogP) is 4.72. The maximum atomic E-state index is 11.1. The van der Waals surface area contributed by atoms with Gasteiger partial charge in [0.2, 0.25) is 0 Å². The number of nitro benzene ring substituents is 2. The number of nitro groups is 2. The fourth-order valence-electron chi connectivity index (χ4n) is 2.07. The van der Waals surface area contributed by atoms with E-state index in [0.717, 1.165) is 23.7 Å². The molecule has 0 unspecified atom stereocenters. The van der Waals surface area contributed by atoms with Crippen molar-refractivity contribution < 1.29 is 14.0 Å². The minimum absolute atomic E-state index is 0.0933. The first-order valence-corrected chi connectivity index (χ1v) is 7.95. The zero-order chi connectivity index (χ0) is 17.7. The minimum atomic E-state index is -0.664. The van der Waals surface area contributed by atoms with Crippen LogP contribution in [0.1, 0.15) is 25.3 Å². The van der Waals surface area contributed by atoms with E-state index in [9.17, 15) is 20.2 Å². The largest absolute Gasteiger partial charge is 0.306 e. The third-order valence-electron chi connectivity index (χ3n) is 3.67. The Bertz CT molecular complexity index is 739. The molecule has 2 aromatic rings. The van der Waals surface area contributed by atoms with E-state index < -0.39 is 9.85 Å². The van der Waals surface area contributed by atoms with E-state index in [1.807, 2.05) is 44.2 Å². The van der Waals surface area contributed by atoms with Gasteiger partial charge in [-0.15, -0.1) is 0 Å². The van der Waals surface area contributed by atoms with Crippen LogP contribution >= 0.6 is 12.0 Å². The van der Waals surface area contributed by atoms with Crippen LogP contribution in [0.2, 0.25) is 0 Å². The van der Waals surface area contributed by atoms with Crippen LogP contribution < -0.4 is 0 Å². The molecule has 2 rings (SSSR count). The van der Waals surface area contributed by atoms with Crippen molar-refractivity contribution in [1.29, 1.82) is 0 Å². The van der Waals surface area contributed by atoms with E-state index in [0.29, 0.717) is 0 Å². The van der Waals surface area contributed by atoms with Crippen LogP contribution in [0.25, 0.3) is 0 Å². The second-order valence-corrected chi connectivity index (χ2v) is 6.05. The summed E-state index contributed by atoms with van der Waals surface area (Å²) in [7, 11) is 0. The molecule has 0 aliphatic rings. The fourth-order valence-corrected chi connectivity index (χ4v) is 2.84. The topological polar surface area (TPSA) is 95.5 Å². The second kappa shape index (κ2) is 7.89. The molecule has 24 heavy (non-hydrogen) atoms. The Morgan fingerprint density at radius 3 is 2.25 bits per heavy atom. The van der Waals surface area contributed by atoms with Crippen molar-refractivity contribution in [3.05, 3.63) is 74.3 Å². The normalized spacial score (nSPS) is 13.2. The lowest BCUT2D eigenvalue weighted by molar-refractivity contribution is -0.396. The molecule has 0 spiro atoms. The van der Waals surface area contributed by atoms with E-state index in [1.54, 1.807) is 0 Å². The summed E-state index contributed by atoms with van der Waals surface area (Å²) >= 11 is 0.863. The molecule has 7 nitrogen and oxygen atoms in total. The number of benzene rings is 2. The van der Waals surface area contributed by atoms with Crippen LogP contribution in [-0.4, -0.2) is 16.0 Å². The molecule has 0 amide bonds. The van der Waals surface area contributed by atoms with E-state index in [1.165, 1.54) is 12.1 Å². The fraction of sp³-hybridized carbons (Fsp3) is 0.250. The lowest BCUT2D eigenvalue weighted by Gasteiger charge is -2.19. The average Bonchev–Trinajstić information content (AvgIpc) is 2.59. The highest BCUT2D eigenvalue weighted by Gasteiger charge is 2.22. The molecule has 0 aliphatic heterocycles. The van der Waals surface area contributed by atoms with Gasteiger partial charge < -0.3 is 4.18 Å². The first kappa shape index (κ1) is 17.9. The molecule has 0 fully saturated rings. The minimum Gasteiger partial charge on any atom is -0.306 e. The molecule has 8 heteroatoms. The number of rotatable bonds is 7. The highest BCUT2D eigenvalue weighted by molar-refractivity contribution is 7.94.